The van der Waals surface area contributed by atoms with Crippen molar-refractivity contribution in [3.63, 3.8) is 0 Å². The smallest absolute Gasteiger partial charge is 0.232 e. The Hall–Kier alpha value is -0.220. The normalized spacial score (nSPS) is 30.1. The highest BCUT2D eigenvalue weighted by molar-refractivity contribution is 7.81. The molecule has 0 heterocycles. The summed E-state index contributed by atoms with van der Waals surface area (Å²) in [6.45, 7) is 1.78. The van der Waals surface area contributed by atoms with Crippen molar-refractivity contribution in [2.24, 2.45) is 0 Å². The molecule has 3 nitrogen and oxygen atoms in total. The van der Waals surface area contributed by atoms with E-state index in [1.54, 1.807) is 14.0 Å². The molecule has 3 unspecified atom stereocenters. The molecule has 0 bridgehead atoms. The standard InChI is InChI=1S/C9H17NO2S/c1-6(13)9(11)10-7-3-4-8(5-7)12-2/h6-8,13H,3-5H2,1-2H3,(H,10,11). The Morgan fingerprint density at radius 3 is 2.77 bits per heavy atom. The number of thiol groups is 1. The molecule has 1 fully saturated rings. The third-order valence-electron chi connectivity index (χ3n) is 2.44. The first-order valence-electron chi connectivity index (χ1n) is 4.64. The van der Waals surface area contributed by atoms with Crippen LogP contribution in [0.3, 0.4) is 0 Å². The molecule has 4 heteroatoms. The van der Waals surface area contributed by atoms with Crippen LogP contribution in [0.5, 0.6) is 0 Å². The van der Waals surface area contributed by atoms with E-state index in [0.29, 0.717) is 6.10 Å². The van der Waals surface area contributed by atoms with E-state index in [1.807, 2.05) is 0 Å². The van der Waals surface area contributed by atoms with Gasteiger partial charge in [-0.3, -0.25) is 4.79 Å². The van der Waals surface area contributed by atoms with Crippen molar-refractivity contribution in [3.8, 4) is 0 Å². The number of hydrogen-bond acceptors (Lipinski definition) is 3. The van der Waals surface area contributed by atoms with Crippen LogP contribution in [0, 0.1) is 0 Å². The maximum atomic E-state index is 11.3. The van der Waals surface area contributed by atoms with Gasteiger partial charge in [-0.2, -0.15) is 12.6 Å². The highest BCUT2D eigenvalue weighted by Gasteiger charge is 2.26. The number of nitrogens with one attached hydrogen (secondary N) is 1. The Balaban J connectivity index is 2.28. The zero-order valence-electron chi connectivity index (χ0n) is 8.12. The summed E-state index contributed by atoms with van der Waals surface area (Å²) in [5.74, 6) is 0.0186. The lowest BCUT2D eigenvalue weighted by Gasteiger charge is -2.14. The Morgan fingerprint density at radius 1 is 1.62 bits per heavy atom. The summed E-state index contributed by atoms with van der Waals surface area (Å²) < 4.78 is 5.21. The summed E-state index contributed by atoms with van der Waals surface area (Å²) in [5.41, 5.74) is 0. The number of methoxy groups -OCH3 is 1. The maximum absolute atomic E-state index is 11.3. The number of carbonyl (C=O) groups excluding carboxylic acids is 1. The lowest BCUT2D eigenvalue weighted by molar-refractivity contribution is -0.120. The van der Waals surface area contributed by atoms with Gasteiger partial charge in [0.25, 0.3) is 0 Å². The molecule has 0 aromatic carbocycles. The molecule has 0 aliphatic heterocycles. The molecule has 1 saturated carbocycles. The van der Waals surface area contributed by atoms with Crippen LogP contribution in [0.25, 0.3) is 0 Å². The largest absolute Gasteiger partial charge is 0.381 e. The quantitative estimate of drug-likeness (QED) is 0.671. The molecule has 1 aliphatic carbocycles. The SMILES string of the molecule is COC1CCC(NC(=O)C(C)S)C1. The van der Waals surface area contributed by atoms with Gasteiger partial charge in [0.05, 0.1) is 11.4 Å². The summed E-state index contributed by atoms with van der Waals surface area (Å²) >= 11 is 4.07. The van der Waals surface area contributed by atoms with Crippen molar-refractivity contribution in [1.29, 1.82) is 0 Å². The second-order valence-electron chi connectivity index (χ2n) is 3.55. The second kappa shape index (κ2) is 4.86. The molecule has 13 heavy (non-hydrogen) atoms. The van der Waals surface area contributed by atoms with Crippen molar-refractivity contribution in [2.45, 2.75) is 43.6 Å². The van der Waals surface area contributed by atoms with E-state index < -0.39 is 0 Å². The van der Waals surface area contributed by atoms with Crippen molar-refractivity contribution in [2.75, 3.05) is 7.11 Å². The van der Waals surface area contributed by atoms with E-state index in [9.17, 15) is 4.79 Å². The third kappa shape index (κ3) is 3.19. The van der Waals surface area contributed by atoms with Crippen molar-refractivity contribution in [3.05, 3.63) is 0 Å². The molecule has 1 aliphatic rings. The first-order valence-corrected chi connectivity index (χ1v) is 5.16. The van der Waals surface area contributed by atoms with Gasteiger partial charge in [-0.05, 0) is 26.2 Å². The minimum atomic E-state index is -0.221. The molecule has 3 atom stereocenters. The molecule has 0 radical (unpaired) electrons. The van der Waals surface area contributed by atoms with Crippen LogP contribution in [0.4, 0.5) is 0 Å². The number of ether oxygens (including phenoxy) is 1. The van der Waals surface area contributed by atoms with Gasteiger partial charge in [0, 0.05) is 13.2 Å². The van der Waals surface area contributed by atoms with E-state index in [4.69, 9.17) is 4.74 Å². The zero-order valence-corrected chi connectivity index (χ0v) is 9.01. The predicted octanol–water partition coefficient (Wildman–Crippen LogP) is 0.988. The fourth-order valence-electron chi connectivity index (χ4n) is 1.61. The molecule has 1 rings (SSSR count). The molecular formula is C9H17NO2S. The van der Waals surface area contributed by atoms with Gasteiger partial charge in [0.15, 0.2) is 0 Å². The van der Waals surface area contributed by atoms with E-state index in [-0.39, 0.29) is 17.2 Å². The first kappa shape index (κ1) is 10.9. The molecule has 76 valence electrons. The van der Waals surface area contributed by atoms with Crippen LogP contribution in [-0.2, 0) is 9.53 Å². The van der Waals surface area contributed by atoms with E-state index in [1.165, 1.54) is 0 Å². The van der Waals surface area contributed by atoms with Gasteiger partial charge in [0.2, 0.25) is 5.91 Å². The molecule has 0 aromatic rings. The fraction of sp³-hybridized carbons (Fsp3) is 0.889. The van der Waals surface area contributed by atoms with Gasteiger partial charge in [0.1, 0.15) is 0 Å². The van der Waals surface area contributed by atoms with Crippen LogP contribution in [0.2, 0.25) is 0 Å². The summed E-state index contributed by atoms with van der Waals surface area (Å²) in [6, 6.07) is 0.284. The Bertz CT molecular complexity index is 184. The van der Waals surface area contributed by atoms with E-state index in [2.05, 4.69) is 17.9 Å². The molecule has 1 amide bonds. The lowest BCUT2D eigenvalue weighted by Crippen LogP contribution is -2.37. The Kier molecular flexibility index (Phi) is 4.06. The van der Waals surface area contributed by atoms with Crippen LogP contribution in [-0.4, -0.2) is 30.4 Å². The van der Waals surface area contributed by atoms with Crippen LogP contribution in [0.1, 0.15) is 26.2 Å². The molecule has 1 N–H and O–H groups in total. The predicted molar refractivity (Wildman–Crippen MR) is 55.0 cm³/mol. The number of carbonyl (C=O) groups is 1. The molecular weight excluding hydrogens is 186 g/mol. The van der Waals surface area contributed by atoms with Crippen LogP contribution < -0.4 is 5.32 Å². The van der Waals surface area contributed by atoms with Gasteiger partial charge < -0.3 is 10.1 Å². The minimum Gasteiger partial charge on any atom is -0.381 e. The average molecular weight is 203 g/mol. The molecule has 0 spiro atoms. The summed E-state index contributed by atoms with van der Waals surface area (Å²) in [5, 5.41) is 2.73. The second-order valence-corrected chi connectivity index (χ2v) is 4.33. The number of amides is 1. The number of rotatable bonds is 3. The summed E-state index contributed by atoms with van der Waals surface area (Å²) in [4.78, 5) is 11.3. The van der Waals surface area contributed by atoms with Crippen molar-refractivity contribution >= 4 is 18.5 Å². The fourth-order valence-corrected chi connectivity index (χ4v) is 1.68. The maximum Gasteiger partial charge on any atom is 0.232 e. The average Bonchev–Trinajstić information content (AvgIpc) is 2.52. The van der Waals surface area contributed by atoms with E-state index >= 15 is 0 Å². The Labute approximate surface area is 84.6 Å². The third-order valence-corrected chi connectivity index (χ3v) is 2.68. The highest BCUT2D eigenvalue weighted by Crippen LogP contribution is 2.21. The topological polar surface area (TPSA) is 38.3 Å². The van der Waals surface area contributed by atoms with Gasteiger partial charge in [-0.25, -0.2) is 0 Å². The molecule has 0 aromatic heterocycles. The monoisotopic (exact) mass is 203 g/mol. The lowest BCUT2D eigenvalue weighted by atomic mass is 10.2. The molecule has 0 saturated heterocycles. The minimum absolute atomic E-state index is 0.0186. The van der Waals surface area contributed by atoms with Crippen LogP contribution >= 0.6 is 12.6 Å². The van der Waals surface area contributed by atoms with Gasteiger partial charge in [-0.1, -0.05) is 0 Å². The highest BCUT2D eigenvalue weighted by atomic mass is 32.1. The summed E-state index contributed by atoms with van der Waals surface area (Å²) in [6.07, 6.45) is 3.32. The summed E-state index contributed by atoms with van der Waals surface area (Å²) in [7, 11) is 1.72. The number of hydrogen-bond donors (Lipinski definition) is 2. The first-order chi connectivity index (χ1) is 6.13. The van der Waals surface area contributed by atoms with Crippen LogP contribution in [0.15, 0.2) is 0 Å². The van der Waals surface area contributed by atoms with Gasteiger partial charge in [-0.15, -0.1) is 0 Å². The van der Waals surface area contributed by atoms with E-state index in [0.717, 1.165) is 19.3 Å². The van der Waals surface area contributed by atoms with Crippen molar-refractivity contribution in [1.82, 2.24) is 5.32 Å². The van der Waals surface area contributed by atoms with Crippen molar-refractivity contribution < 1.29 is 9.53 Å². The zero-order chi connectivity index (χ0) is 9.84. The Morgan fingerprint density at radius 2 is 2.31 bits per heavy atom. The van der Waals surface area contributed by atoms with Gasteiger partial charge >= 0.3 is 0 Å².